The van der Waals surface area contributed by atoms with Crippen LogP contribution >= 0.6 is 11.3 Å². The van der Waals surface area contributed by atoms with Gasteiger partial charge in [0.15, 0.2) is 0 Å². The second kappa shape index (κ2) is 6.03. The van der Waals surface area contributed by atoms with Crippen LogP contribution in [-0.2, 0) is 16.1 Å². The molecule has 1 aliphatic carbocycles. The van der Waals surface area contributed by atoms with Gasteiger partial charge in [-0.3, -0.25) is 9.59 Å². The first-order chi connectivity index (χ1) is 10.5. The monoisotopic (exact) mass is 320 g/mol. The molecular weight excluding hydrogens is 296 g/mol. The number of hydrogen-bond acceptors (Lipinski definition) is 3. The van der Waals surface area contributed by atoms with Crippen LogP contribution in [0.15, 0.2) is 17.5 Å². The average Bonchev–Trinajstić information content (AvgIpc) is 2.81. The molecule has 2 aliphatic rings. The topological polar surface area (TPSA) is 49.4 Å². The van der Waals surface area contributed by atoms with Crippen LogP contribution in [0.5, 0.6) is 0 Å². The molecule has 5 heteroatoms. The molecule has 22 heavy (non-hydrogen) atoms. The number of thiophene rings is 1. The first-order valence-electron chi connectivity index (χ1n) is 8.08. The van der Waals surface area contributed by atoms with Gasteiger partial charge in [0.05, 0.1) is 6.54 Å². The van der Waals surface area contributed by atoms with Crippen LogP contribution in [-0.4, -0.2) is 29.8 Å². The summed E-state index contributed by atoms with van der Waals surface area (Å²) in [6.45, 7) is 6.36. The standard InChI is InChI=1S/C17H24N2O2S/c1-12(2)8-15(20)19-6-5-17(11-19)9-14(17)16(21)18-10-13-4-3-7-22-13/h3-4,7,12,14H,5-6,8-11H2,1-2H3,(H,18,21)/t14-,17+/m1/s1. The van der Waals surface area contributed by atoms with Gasteiger partial charge in [0.2, 0.25) is 11.8 Å². The zero-order valence-electron chi connectivity index (χ0n) is 13.3. The predicted octanol–water partition coefficient (Wildman–Crippen LogP) is 2.65. The Morgan fingerprint density at radius 2 is 2.32 bits per heavy atom. The van der Waals surface area contributed by atoms with Crippen molar-refractivity contribution >= 4 is 23.2 Å². The van der Waals surface area contributed by atoms with Crippen molar-refractivity contribution in [3.05, 3.63) is 22.4 Å². The van der Waals surface area contributed by atoms with E-state index in [0.29, 0.717) is 18.9 Å². The number of carbonyl (C=O) groups is 2. The van der Waals surface area contributed by atoms with Gasteiger partial charge in [0.25, 0.3) is 0 Å². The number of amides is 2. The van der Waals surface area contributed by atoms with Crippen molar-refractivity contribution in [3.63, 3.8) is 0 Å². The lowest BCUT2D eigenvalue weighted by atomic mass is 10.0. The van der Waals surface area contributed by atoms with E-state index in [1.54, 1.807) is 11.3 Å². The maximum absolute atomic E-state index is 12.3. The van der Waals surface area contributed by atoms with Gasteiger partial charge in [-0.25, -0.2) is 0 Å². The Balaban J connectivity index is 1.49. The summed E-state index contributed by atoms with van der Waals surface area (Å²) in [6.07, 6.45) is 2.54. The zero-order valence-corrected chi connectivity index (χ0v) is 14.1. The van der Waals surface area contributed by atoms with E-state index in [-0.39, 0.29) is 23.1 Å². The predicted molar refractivity (Wildman–Crippen MR) is 87.4 cm³/mol. The molecule has 4 nitrogen and oxygen atoms in total. The van der Waals surface area contributed by atoms with Gasteiger partial charge in [-0.15, -0.1) is 11.3 Å². The number of rotatable bonds is 5. The second-order valence-corrected chi connectivity index (χ2v) is 8.11. The van der Waals surface area contributed by atoms with Gasteiger partial charge in [0.1, 0.15) is 0 Å². The van der Waals surface area contributed by atoms with E-state index in [1.807, 2.05) is 22.4 Å². The van der Waals surface area contributed by atoms with Crippen molar-refractivity contribution in [1.29, 1.82) is 0 Å². The number of nitrogens with one attached hydrogen (secondary N) is 1. The van der Waals surface area contributed by atoms with E-state index in [9.17, 15) is 9.59 Å². The van der Waals surface area contributed by atoms with Gasteiger partial charge < -0.3 is 10.2 Å². The Kier molecular flexibility index (Phi) is 4.26. The Labute approximate surface area is 135 Å². The van der Waals surface area contributed by atoms with E-state index in [0.717, 1.165) is 25.9 Å². The Hall–Kier alpha value is -1.36. The fourth-order valence-electron chi connectivity index (χ4n) is 3.47. The van der Waals surface area contributed by atoms with Crippen molar-refractivity contribution in [2.24, 2.45) is 17.3 Å². The highest BCUT2D eigenvalue weighted by atomic mass is 32.1. The number of likely N-dealkylation sites (tertiary alicyclic amines) is 1. The lowest BCUT2D eigenvalue weighted by Crippen LogP contribution is -2.31. The summed E-state index contributed by atoms with van der Waals surface area (Å²) < 4.78 is 0. The average molecular weight is 320 g/mol. The van der Waals surface area contributed by atoms with Crippen molar-refractivity contribution in [2.75, 3.05) is 13.1 Å². The third-order valence-electron chi connectivity index (χ3n) is 4.84. The highest BCUT2D eigenvalue weighted by Crippen LogP contribution is 2.58. The maximum Gasteiger partial charge on any atom is 0.224 e. The minimum absolute atomic E-state index is 0.0756. The van der Waals surface area contributed by atoms with E-state index in [2.05, 4.69) is 19.2 Å². The molecule has 2 heterocycles. The molecule has 2 amide bonds. The molecule has 3 rings (SSSR count). The quantitative estimate of drug-likeness (QED) is 0.907. The minimum Gasteiger partial charge on any atom is -0.351 e. The molecule has 1 aromatic heterocycles. The van der Waals surface area contributed by atoms with E-state index < -0.39 is 0 Å². The molecule has 120 valence electrons. The third kappa shape index (κ3) is 3.19. The smallest absolute Gasteiger partial charge is 0.224 e. The fourth-order valence-corrected chi connectivity index (χ4v) is 4.11. The molecule has 0 radical (unpaired) electrons. The van der Waals surface area contributed by atoms with Crippen LogP contribution in [0.25, 0.3) is 0 Å². The Morgan fingerprint density at radius 1 is 1.50 bits per heavy atom. The van der Waals surface area contributed by atoms with Gasteiger partial charge >= 0.3 is 0 Å². The normalized spacial score (nSPS) is 26.7. The van der Waals surface area contributed by atoms with Crippen molar-refractivity contribution in [3.8, 4) is 0 Å². The third-order valence-corrected chi connectivity index (χ3v) is 5.72. The van der Waals surface area contributed by atoms with Crippen LogP contribution in [0.4, 0.5) is 0 Å². The minimum atomic E-state index is 0.0756. The lowest BCUT2D eigenvalue weighted by Gasteiger charge is -2.18. The molecule has 0 bridgehead atoms. The summed E-state index contributed by atoms with van der Waals surface area (Å²) in [7, 11) is 0. The highest BCUT2D eigenvalue weighted by molar-refractivity contribution is 7.09. The van der Waals surface area contributed by atoms with Crippen molar-refractivity contribution in [1.82, 2.24) is 10.2 Å². The molecule has 1 spiro atoms. The van der Waals surface area contributed by atoms with Gasteiger partial charge in [-0.2, -0.15) is 0 Å². The molecule has 1 saturated carbocycles. The van der Waals surface area contributed by atoms with Crippen molar-refractivity contribution in [2.45, 2.75) is 39.7 Å². The molecule has 1 aromatic rings. The van der Waals surface area contributed by atoms with Crippen LogP contribution < -0.4 is 5.32 Å². The van der Waals surface area contributed by atoms with Gasteiger partial charge in [-0.1, -0.05) is 19.9 Å². The Bertz CT molecular complexity index is 555. The molecule has 1 N–H and O–H groups in total. The van der Waals surface area contributed by atoms with Crippen LogP contribution in [0.2, 0.25) is 0 Å². The summed E-state index contributed by atoms with van der Waals surface area (Å²) in [4.78, 5) is 27.6. The maximum atomic E-state index is 12.3. The summed E-state index contributed by atoms with van der Waals surface area (Å²) in [5.41, 5.74) is 0.0756. The summed E-state index contributed by atoms with van der Waals surface area (Å²) in [6, 6.07) is 4.04. The van der Waals surface area contributed by atoms with E-state index >= 15 is 0 Å². The highest BCUT2D eigenvalue weighted by Gasteiger charge is 2.61. The molecule has 2 atom stereocenters. The summed E-state index contributed by atoms with van der Waals surface area (Å²) >= 11 is 1.66. The number of nitrogens with zero attached hydrogens (tertiary/aromatic N) is 1. The van der Waals surface area contributed by atoms with Crippen LogP contribution in [0, 0.1) is 17.3 Å². The molecular formula is C17H24N2O2S. The first-order valence-corrected chi connectivity index (χ1v) is 8.96. The summed E-state index contributed by atoms with van der Waals surface area (Å²) in [5.74, 6) is 0.903. The molecule has 2 fully saturated rings. The van der Waals surface area contributed by atoms with Crippen molar-refractivity contribution < 1.29 is 9.59 Å². The molecule has 1 aliphatic heterocycles. The molecule has 0 unspecified atom stereocenters. The van der Waals surface area contributed by atoms with E-state index in [4.69, 9.17) is 0 Å². The zero-order chi connectivity index (χ0) is 15.7. The fraction of sp³-hybridized carbons (Fsp3) is 0.647. The summed E-state index contributed by atoms with van der Waals surface area (Å²) in [5, 5.41) is 5.07. The second-order valence-electron chi connectivity index (χ2n) is 7.08. The number of hydrogen-bond donors (Lipinski definition) is 1. The van der Waals surface area contributed by atoms with Crippen LogP contribution in [0.1, 0.15) is 38.0 Å². The van der Waals surface area contributed by atoms with Gasteiger partial charge in [0, 0.05) is 35.7 Å². The lowest BCUT2D eigenvalue weighted by molar-refractivity contribution is -0.131. The van der Waals surface area contributed by atoms with Crippen LogP contribution in [0.3, 0.4) is 0 Å². The Morgan fingerprint density at radius 3 is 3.00 bits per heavy atom. The SMILES string of the molecule is CC(C)CC(=O)N1CC[C@]2(C[C@@H]2C(=O)NCc2cccs2)C1. The largest absolute Gasteiger partial charge is 0.351 e. The number of carbonyl (C=O) groups excluding carboxylic acids is 2. The molecule has 0 aromatic carbocycles. The van der Waals surface area contributed by atoms with E-state index in [1.165, 1.54) is 4.88 Å². The van der Waals surface area contributed by atoms with Gasteiger partial charge in [-0.05, 0) is 30.2 Å². The first kappa shape index (κ1) is 15.5. The molecule has 1 saturated heterocycles.